The van der Waals surface area contributed by atoms with E-state index in [-0.39, 0.29) is 11.1 Å². The molecule has 0 heterocycles. The molecule has 1 atom stereocenters. The summed E-state index contributed by atoms with van der Waals surface area (Å²) in [5, 5.41) is 7.10. The molecule has 5 heteroatoms. The Kier molecular flexibility index (Phi) is 3.42. The molecule has 1 aromatic carbocycles. The number of carboxylic acids is 1. The molecular weight excluding hydrogens is 223 g/mol. The quantitative estimate of drug-likeness (QED) is 0.639. The lowest BCUT2D eigenvalue weighted by Gasteiger charge is -2.09. The van der Waals surface area contributed by atoms with Gasteiger partial charge >= 0.3 is 5.97 Å². The van der Waals surface area contributed by atoms with E-state index in [2.05, 4.69) is 0 Å². The standard InChI is InChI=1S/C10H8ClFO3/c1-5-6(3-2-4-7(5)12)8(11)9(13)10(14)15/h2-4,8H,1H3,(H,14,15). The molecule has 0 aromatic heterocycles. The van der Waals surface area contributed by atoms with Gasteiger partial charge in [-0.2, -0.15) is 0 Å². The highest BCUT2D eigenvalue weighted by Gasteiger charge is 2.26. The molecule has 0 amide bonds. The third-order valence-electron chi connectivity index (χ3n) is 2.02. The summed E-state index contributed by atoms with van der Waals surface area (Å²) in [6.45, 7) is 1.44. The molecule has 0 aliphatic rings. The van der Waals surface area contributed by atoms with E-state index >= 15 is 0 Å². The summed E-state index contributed by atoms with van der Waals surface area (Å²) in [6, 6.07) is 4.02. The minimum absolute atomic E-state index is 0.184. The molecule has 1 rings (SSSR count). The Labute approximate surface area is 90.5 Å². The second-order valence-electron chi connectivity index (χ2n) is 2.99. The number of aliphatic carboxylic acids is 1. The Hall–Kier alpha value is -1.42. The number of carbonyl (C=O) groups is 2. The van der Waals surface area contributed by atoms with Gasteiger partial charge < -0.3 is 5.11 Å². The average molecular weight is 231 g/mol. The van der Waals surface area contributed by atoms with Gasteiger partial charge in [0.2, 0.25) is 0 Å². The minimum atomic E-state index is -1.63. The van der Waals surface area contributed by atoms with Gasteiger partial charge in [-0.05, 0) is 24.1 Å². The second kappa shape index (κ2) is 4.40. The van der Waals surface area contributed by atoms with Gasteiger partial charge in [0.15, 0.2) is 0 Å². The lowest BCUT2D eigenvalue weighted by molar-refractivity contribution is -0.148. The minimum Gasteiger partial charge on any atom is -0.475 e. The topological polar surface area (TPSA) is 54.4 Å². The van der Waals surface area contributed by atoms with Crippen LogP contribution in [-0.2, 0) is 9.59 Å². The number of alkyl halides is 1. The summed E-state index contributed by atoms with van der Waals surface area (Å²) in [5.74, 6) is -3.31. The van der Waals surface area contributed by atoms with Crippen molar-refractivity contribution in [1.29, 1.82) is 0 Å². The predicted molar refractivity (Wildman–Crippen MR) is 52.4 cm³/mol. The van der Waals surface area contributed by atoms with Crippen LogP contribution in [0.1, 0.15) is 16.5 Å². The van der Waals surface area contributed by atoms with Crippen LogP contribution in [0.15, 0.2) is 18.2 Å². The molecule has 15 heavy (non-hydrogen) atoms. The maximum absolute atomic E-state index is 13.1. The number of halogens is 2. The first kappa shape index (κ1) is 11.7. The van der Waals surface area contributed by atoms with Crippen LogP contribution in [0, 0.1) is 12.7 Å². The van der Waals surface area contributed by atoms with Crippen LogP contribution in [-0.4, -0.2) is 16.9 Å². The molecule has 0 spiro atoms. The van der Waals surface area contributed by atoms with E-state index in [1.54, 1.807) is 0 Å². The van der Waals surface area contributed by atoms with Gasteiger partial charge in [-0.3, -0.25) is 4.79 Å². The fourth-order valence-corrected chi connectivity index (χ4v) is 1.48. The highest BCUT2D eigenvalue weighted by atomic mass is 35.5. The van der Waals surface area contributed by atoms with Crippen molar-refractivity contribution in [3.63, 3.8) is 0 Å². The van der Waals surface area contributed by atoms with Crippen LogP contribution in [0.2, 0.25) is 0 Å². The molecule has 3 nitrogen and oxygen atoms in total. The number of carbonyl (C=O) groups excluding carboxylic acids is 1. The third-order valence-corrected chi connectivity index (χ3v) is 2.46. The monoisotopic (exact) mass is 230 g/mol. The Morgan fingerprint density at radius 1 is 1.47 bits per heavy atom. The molecule has 0 bridgehead atoms. The van der Waals surface area contributed by atoms with Crippen molar-refractivity contribution in [3.8, 4) is 0 Å². The lowest BCUT2D eigenvalue weighted by Crippen LogP contribution is -2.18. The molecule has 0 aliphatic heterocycles. The van der Waals surface area contributed by atoms with Crippen molar-refractivity contribution < 1.29 is 19.1 Å². The van der Waals surface area contributed by atoms with Gasteiger partial charge in [0, 0.05) is 0 Å². The molecule has 1 aromatic rings. The summed E-state index contributed by atoms with van der Waals surface area (Å²) in [6.07, 6.45) is 0. The fraction of sp³-hybridized carbons (Fsp3) is 0.200. The molecule has 80 valence electrons. The number of hydrogen-bond donors (Lipinski definition) is 1. The predicted octanol–water partition coefficient (Wildman–Crippen LogP) is 2.07. The number of benzene rings is 1. The summed E-state index contributed by atoms with van der Waals surface area (Å²) >= 11 is 5.63. The van der Waals surface area contributed by atoms with Gasteiger partial charge in [-0.25, -0.2) is 9.18 Å². The van der Waals surface area contributed by atoms with Crippen LogP contribution in [0.5, 0.6) is 0 Å². The van der Waals surface area contributed by atoms with Gasteiger partial charge in [0.25, 0.3) is 5.78 Å². The summed E-state index contributed by atoms with van der Waals surface area (Å²) < 4.78 is 13.1. The highest BCUT2D eigenvalue weighted by molar-refractivity contribution is 6.47. The zero-order valence-electron chi connectivity index (χ0n) is 7.83. The van der Waals surface area contributed by atoms with E-state index in [0.717, 1.165) is 0 Å². The Balaban J connectivity index is 3.12. The fourth-order valence-electron chi connectivity index (χ4n) is 1.15. The summed E-state index contributed by atoms with van der Waals surface area (Å²) in [5.41, 5.74) is 0.371. The van der Waals surface area contributed by atoms with Crippen molar-refractivity contribution in [3.05, 3.63) is 35.1 Å². The van der Waals surface area contributed by atoms with Gasteiger partial charge in [-0.15, -0.1) is 11.6 Å². The van der Waals surface area contributed by atoms with Crippen molar-refractivity contribution in [2.45, 2.75) is 12.3 Å². The first-order valence-electron chi connectivity index (χ1n) is 4.11. The Morgan fingerprint density at radius 3 is 2.60 bits per heavy atom. The largest absolute Gasteiger partial charge is 0.475 e. The maximum atomic E-state index is 13.1. The van der Waals surface area contributed by atoms with Gasteiger partial charge in [0.05, 0.1) is 0 Å². The van der Waals surface area contributed by atoms with E-state index in [4.69, 9.17) is 16.7 Å². The van der Waals surface area contributed by atoms with Crippen LogP contribution in [0.4, 0.5) is 4.39 Å². The van der Waals surface area contributed by atoms with Crippen LogP contribution < -0.4 is 0 Å². The SMILES string of the molecule is Cc1c(F)cccc1C(Cl)C(=O)C(=O)O. The number of carboxylic acid groups (broad SMARTS) is 1. The van der Waals surface area contributed by atoms with Crippen LogP contribution in [0.25, 0.3) is 0 Å². The highest BCUT2D eigenvalue weighted by Crippen LogP contribution is 2.26. The van der Waals surface area contributed by atoms with Gasteiger partial charge in [-0.1, -0.05) is 12.1 Å². The zero-order valence-corrected chi connectivity index (χ0v) is 8.58. The average Bonchev–Trinajstić information content (AvgIpc) is 2.20. The van der Waals surface area contributed by atoms with Crippen LogP contribution in [0.3, 0.4) is 0 Å². The normalized spacial score (nSPS) is 12.2. The van der Waals surface area contributed by atoms with Crippen molar-refractivity contribution in [2.24, 2.45) is 0 Å². The molecule has 1 N–H and O–H groups in total. The number of ketones is 1. The number of rotatable bonds is 3. The molecule has 0 radical (unpaired) electrons. The first-order valence-corrected chi connectivity index (χ1v) is 4.55. The summed E-state index contributed by atoms with van der Waals surface area (Å²) in [4.78, 5) is 21.4. The molecule has 0 fully saturated rings. The number of hydrogen-bond acceptors (Lipinski definition) is 2. The van der Waals surface area contributed by atoms with Crippen molar-refractivity contribution in [1.82, 2.24) is 0 Å². The molecule has 0 aliphatic carbocycles. The molecular formula is C10H8ClFO3. The second-order valence-corrected chi connectivity index (χ2v) is 3.42. The molecule has 1 unspecified atom stereocenters. The van der Waals surface area contributed by atoms with E-state index in [1.807, 2.05) is 0 Å². The van der Waals surface area contributed by atoms with Crippen molar-refractivity contribution >= 4 is 23.4 Å². The first-order chi connectivity index (χ1) is 6.95. The Morgan fingerprint density at radius 2 is 2.07 bits per heavy atom. The lowest BCUT2D eigenvalue weighted by atomic mass is 10.0. The van der Waals surface area contributed by atoms with Crippen LogP contribution >= 0.6 is 11.6 Å². The third kappa shape index (κ3) is 2.33. The van der Waals surface area contributed by atoms with Crippen molar-refractivity contribution in [2.75, 3.05) is 0 Å². The van der Waals surface area contributed by atoms with E-state index in [9.17, 15) is 14.0 Å². The maximum Gasteiger partial charge on any atom is 0.374 e. The van der Waals surface area contributed by atoms with Gasteiger partial charge in [0.1, 0.15) is 11.2 Å². The Bertz CT molecular complexity index is 417. The zero-order chi connectivity index (χ0) is 11.6. The smallest absolute Gasteiger partial charge is 0.374 e. The molecule has 0 saturated heterocycles. The number of Topliss-reactive ketones (excluding diaryl/α,β-unsaturated/α-hetero) is 1. The van der Waals surface area contributed by atoms with E-state index < -0.39 is 22.9 Å². The summed E-state index contributed by atoms with van der Waals surface area (Å²) in [7, 11) is 0. The molecule has 0 saturated carbocycles. The van der Waals surface area contributed by atoms with E-state index in [1.165, 1.54) is 25.1 Å². The van der Waals surface area contributed by atoms with E-state index in [0.29, 0.717) is 0 Å².